The van der Waals surface area contributed by atoms with E-state index in [4.69, 9.17) is 0 Å². The molecule has 0 unspecified atom stereocenters. The van der Waals surface area contributed by atoms with Gasteiger partial charge in [-0.25, -0.2) is 0 Å². The zero-order valence-corrected chi connectivity index (χ0v) is 4.24. The SMILES string of the molecule is S=NSS. The molecule has 0 saturated carbocycles. The van der Waals surface area contributed by atoms with Gasteiger partial charge in [-0.15, -0.1) is 3.77 Å². The summed E-state index contributed by atoms with van der Waals surface area (Å²) in [6, 6.07) is 0. The van der Waals surface area contributed by atoms with Crippen molar-refractivity contribution >= 4 is 35.1 Å². The molecule has 0 aliphatic carbocycles. The van der Waals surface area contributed by atoms with Gasteiger partial charge in [-0.3, -0.25) is 0 Å². The maximum Gasteiger partial charge on any atom is 0.0548 e. The van der Waals surface area contributed by atoms with E-state index >= 15 is 0 Å². The molecule has 0 bridgehead atoms. The van der Waals surface area contributed by atoms with Crippen molar-refractivity contribution in [3.8, 4) is 0 Å². The lowest BCUT2D eigenvalue weighted by atomic mass is 13.9. The first-order chi connectivity index (χ1) is 1.91. The van der Waals surface area contributed by atoms with E-state index in [-0.39, 0.29) is 0 Å². The molecule has 24 valence electrons. The van der Waals surface area contributed by atoms with Crippen molar-refractivity contribution in [2.24, 2.45) is 3.77 Å². The summed E-state index contributed by atoms with van der Waals surface area (Å²) in [4.78, 5) is 0. The molecule has 0 heterocycles. The third-order valence-corrected chi connectivity index (χ3v) is 0.900. The van der Waals surface area contributed by atoms with Gasteiger partial charge in [0.25, 0.3) is 0 Å². The topological polar surface area (TPSA) is 12.4 Å². The lowest BCUT2D eigenvalue weighted by molar-refractivity contribution is 2.14. The standard InChI is InChI=1S/HNS3/c2-1-4-3/h3H. The van der Waals surface area contributed by atoms with Gasteiger partial charge in [0.05, 0.1) is 23.4 Å². The van der Waals surface area contributed by atoms with Crippen molar-refractivity contribution in [3.05, 3.63) is 0 Å². The molecule has 0 fully saturated rings. The first-order valence-corrected chi connectivity index (χ1v) is 2.74. The van der Waals surface area contributed by atoms with Crippen LogP contribution < -0.4 is 0 Å². The Kier molecular flexibility index (Phi) is 4.39. The monoisotopic (exact) mass is 111 g/mol. The molecule has 1 nitrogen and oxygen atoms in total. The Balaban J connectivity index is 2.30. The third kappa shape index (κ3) is 2.72. The van der Waals surface area contributed by atoms with Crippen LogP contribution in [0, 0.1) is 0 Å². The van der Waals surface area contributed by atoms with Crippen LogP contribution in [0.25, 0.3) is 0 Å². The lowest BCUT2D eigenvalue weighted by Crippen LogP contribution is -1.11. The molecule has 0 N–H and O–H groups in total. The molecule has 0 aliphatic rings. The van der Waals surface area contributed by atoms with Crippen molar-refractivity contribution in [1.82, 2.24) is 0 Å². The van der Waals surface area contributed by atoms with Gasteiger partial charge in [0.1, 0.15) is 0 Å². The van der Waals surface area contributed by atoms with Gasteiger partial charge < -0.3 is 0 Å². The van der Waals surface area contributed by atoms with Crippen LogP contribution in [0.5, 0.6) is 0 Å². The Morgan fingerprint density at radius 1 is 2.00 bits per heavy atom. The van der Waals surface area contributed by atoms with Gasteiger partial charge in [0.2, 0.25) is 0 Å². The molecule has 0 aromatic heterocycles. The molecule has 0 rings (SSSR count). The summed E-state index contributed by atoms with van der Waals surface area (Å²) in [5.74, 6) is 0. The van der Waals surface area contributed by atoms with Crippen molar-refractivity contribution in [2.45, 2.75) is 0 Å². The van der Waals surface area contributed by atoms with Gasteiger partial charge in [0.15, 0.2) is 0 Å². The number of nitrogens with zero attached hydrogens (tertiary/aromatic N) is 1. The van der Waals surface area contributed by atoms with Crippen LogP contribution in [0.2, 0.25) is 0 Å². The molecule has 4 heteroatoms. The van der Waals surface area contributed by atoms with Crippen LogP contribution in [-0.4, -0.2) is 0 Å². The summed E-state index contributed by atoms with van der Waals surface area (Å²) in [6.45, 7) is 0. The number of thiol groups is 1. The average molecular weight is 111 g/mol. The Morgan fingerprint density at radius 2 is 2.25 bits per heavy atom. The minimum absolute atomic E-state index is 0.991. The number of rotatable bonds is 1. The van der Waals surface area contributed by atoms with Gasteiger partial charge in [0, 0.05) is 0 Å². The van der Waals surface area contributed by atoms with Gasteiger partial charge in [-0.1, -0.05) is 11.7 Å². The van der Waals surface area contributed by atoms with Gasteiger partial charge in [-0.05, 0) is 0 Å². The molecule has 0 radical (unpaired) electrons. The van der Waals surface area contributed by atoms with Crippen molar-refractivity contribution in [2.75, 3.05) is 0 Å². The molecule has 0 amide bonds. The molecular weight excluding hydrogens is 110 g/mol. The Labute approximate surface area is 39.3 Å². The highest BCUT2D eigenvalue weighted by Gasteiger charge is 1.48. The minimum Gasteiger partial charge on any atom is -0.136 e. The first-order valence-electron chi connectivity index (χ1n) is 0.548. The first kappa shape index (κ1) is 4.72. The predicted molar refractivity (Wildman–Crippen MR) is 26.4 cm³/mol. The maximum atomic E-state index is 4.06. The summed E-state index contributed by atoms with van der Waals surface area (Å²) in [5.41, 5.74) is 0. The van der Waals surface area contributed by atoms with Gasteiger partial charge in [-0.2, -0.15) is 0 Å². The third-order valence-electron chi connectivity index (χ3n) is 0.0333. The molecule has 0 aromatic carbocycles. The second kappa shape index (κ2) is 3.72. The second-order valence-electron chi connectivity index (χ2n) is 0.156. The lowest BCUT2D eigenvalue weighted by Gasteiger charge is -1.54. The predicted octanol–water partition coefficient (Wildman–Crippen LogP) is 1.21. The van der Waals surface area contributed by atoms with Crippen molar-refractivity contribution < 1.29 is 0 Å². The highest BCUT2D eigenvalue weighted by atomic mass is 33.1. The fraction of sp³-hybridized carbons (Fsp3) is 0. The van der Waals surface area contributed by atoms with Crippen LogP contribution in [0.1, 0.15) is 0 Å². The normalized spacial score (nSPS) is 6.25. The van der Waals surface area contributed by atoms with Crippen LogP contribution in [0.4, 0.5) is 0 Å². The van der Waals surface area contributed by atoms with Crippen molar-refractivity contribution in [3.63, 3.8) is 0 Å². The summed E-state index contributed by atoms with van der Waals surface area (Å²) in [5, 5.41) is 0. The van der Waals surface area contributed by atoms with E-state index in [1.807, 2.05) is 0 Å². The molecule has 0 atom stereocenters. The van der Waals surface area contributed by atoms with E-state index in [0.717, 1.165) is 11.0 Å². The molecular formula is HNS3. The molecule has 4 heavy (non-hydrogen) atoms. The van der Waals surface area contributed by atoms with E-state index in [1.54, 1.807) is 0 Å². The summed E-state index contributed by atoms with van der Waals surface area (Å²) >= 11 is 7.63. The van der Waals surface area contributed by atoms with Crippen LogP contribution in [0.3, 0.4) is 0 Å². The van der Waals surface area contributed by atoms with E-state index in [9.17, 15) is 0 Å². The number of hydrogen-bond donors (Lipinski definition) is 1. The van der Waals surface area contributed by atoms with E-state index < -0.39 is 0 Å². The van der Waals surface area contributed by atoms with E-state index in [0.29, 0.717) is 0 Å². The fourth-order valence-electron chi connectivity index (χ4n) is 0. The average Bonchev–Trinajstić information content (AvgIpc) is 1.37. The van der Waals surface area contributed by atoms with Crippen molar-refractivity contribution in [1.29, 1.82) is 0 Å². The highest BCUT2D eigenvalue weighted by molar-refractivity contribution is 8.68. The Hall–Kier alpha value is 0.720. The Morgan fingerprint density at radius 3 is 2.25 bits per heavy atom. The molecule has 0 spiro atoms. The largest absolute Gasteiger partial charge is 0.136 e. The fourth-order valence-corrected chi connectivity index (χ4v) is 0. The smallest absolute Gasteiger partial charge is 0.0548 e. The molecule has 0 aromatic rings. The summed E-state index contributed by atoms with van der Waals surface area (Å²) in [7, 11) is 0.991. The van der Waals surface area contributed by atoms with Crippen LogP contribution in [0.15, 0.2) is 3.77 Å². The summed E-state index contributed by atoms with van der Waals surface area (Å²) in [6.07, 6.45) is 0. The Bertz CT molecular complexity index is 17.2. The van der Waals surface area contributed by atoms with E-state index in [2.05, 4.69) is 27.9 Å². The summed E-state index contributed by atoms with van der Waals surface area (Å²) < 4.78 is 3.10. The van der Waals surface area contributed by atoms with Gasteiger partial charge >= 0.3 is 0 Å². The zero-order chi connectivity index (χ0) is 3.41. The zero-order valence-electron chi connectivity index (χ0n) is 1.71. The maximum absolute atomic E-state index is 4.06. The minimum atomic E-state index is 0.991. The van der Waals surface area contributed by atoms with E-state index in [1.165, 1.54) is 0 Å². The van der Waals surface area contributed by atoms with Crippen LogP contribution >= 0.6 is 22.6 Å². The number of hydrogen-bond acceptors (Lipinski definition) is 4. The molecule has 0 aliphatic heterocycles. The quantitative estimate of drug-likeness (QED) is 0.310. The van der Waals surface area contributed by atoms with Crippen LogP contribution in [-0.2, 0) is 12.4 Å². The second-order valence-corrected chi connectivity index (χ2v) is 1.41. The molecule has 0 saturated heterocycles. The highest BCUT2D eigenvalue weighted by Crippen LogP contribution is 2.01.